The fourth-order valence-corrected chi connectivity index (χ4v) is 2.76. The van der Waals surface area contributed by atoms with Crippen molar-refractivity contribution in [2.24, 2.45) is 11.7 Å². The van der Waals surface area contributed by atoms with Crippen LogP contribution in [0.3, 0.4) is 0 Å². The Morgan fingerprint density at radius 3 is 2.84 bits per heavy atom. The van der Waals surface area contributed by atoms with E-state index in [2.05, 4.69) is 0 Å². The van der Waals surface area contributed by atoms with E-state index in [1.54, 1.807) is 0 Å². The lowest BCUT2D eigenvalue weighted by molar-refractivity contribution is 0.0660. The Balaban J connectivity index is 2.17. The van der Waals surface area contributed by atoms with Gasteiger partial charge in [-0.15, -0.1) is 0 Å². The molecule has 1 aliphatic rings. The fraction of sp³-hybridized carbons (Fsp3) is 0.562. The third kappa shape index (κ3) is 3.16. The summed E-state index contributed by atoms with van der Waals surface area (Å²) in [6.07, 6.45) is 2.19. The number of piperidine rings is 1. The number of carbonyl (C=O) groups is 1. The fourth-order valence-electron chi connectivity index (χ4n) is 2.76. The summed E-state index contributed by atoms with van der Waals surface area (Å²) >= 11 is 0. The van der Waals surface area contributed by atoms with Crippen molar-refractivity contribution in [2.45, 2.75) is 39.7 Å². The van der Waals surface area contributed by atoms with Crippen LogP contribution in [0.4, 0.5) is 0 Å². The molecule has 3 nitrogen and oxygen atoms in total. The van der Waals surface area contributed by atoms with Crippen molar-refractivity contribution >= 4 is 5.91 Å². The van der Waals surface area contributed by atoms with Crippen molar-refractivity contribution in [1.29, 1.82) is 0 Å². The van der Waals surface area contributed by atoms with Gasteiger partial charge in [-0.25, -0.2) is 0 Å². The van der Waals surface area contributed by atoms with Gasteiger partial charge in [-0.1, -0.05) is 17.7 Å². The molecule has 0 unspecified atom stereocenters. The topological polar surface area (TPSA) is 46.3 Å². The van der Waals surface area contributed by atoms with Gasteiger partial charge in [-0.05, 0) is 51.2 Å². The van der Waals surface area contributed by atoms with Crippen LogP contribution in [-0.4, -0.2) is 29.9 Å². The van der Waals surface area contributed by atoms with Gasteiger partial charge in [0, 0.05) is 24.7 Å². The summed E-state index contributed by atoms with van der Waals surface area (Å²) in [6, 6.07) is 6.23. The van der Waals surface area contributed by atoms with Gasteiger partial charge < -0.3 is 10.6 Å². The monoisotopic (exact) mass is 260 g/mol. The Bertz CT molecular complexity index is 468. The number of hydrogen-bond donors (Lipinski definition) is 1. The highest BCUT2D eigenvalue weighted by atomic mass is 16.2. The summed E-state index contributed by atoms with van der Waals surface area (Å²) < 4.78 is 0. The van der Waals surface area contributed by atoms with E-state index in [-0.39, 0.29) is 11.9 Å². The molecule has 104 valence electrons. The van der Waals surface area contributed by atoms with Crippen LogP contribution < -0.4 is 5.73 Å². The Labute approximate surface area is 115 Å². The van der Waals surface area contributed by atoms with Gasteiger partial charge in [0.25, 0.3) is 5.91 Å². The molecule has 1 heterocycles. The predicted octanol–water partition coefficient (Wildman–Crippen LogP) is 2.50. The average Bonchev–Trinajstić information content (AvgIpc) is 2.41. The highest BCUT2D eigenvalue weighted by Gasteiger charge is 2.27. The van der Waals surface area contributed by atoms with Crippen LogP contribution in [0.15, 0.2) is 18.2 Å². The number of nitrogens with zero attached hydrogens (tertiary/aromatic N) is 1. The van der Waals surface area contributed by atoms with Crippen molar-refractivity contribution in [3.8, 4) is 0 Å². The molecule has 0 saturated carbocycles. The number of carbonyl (C=O) groups excluding carboxylic acids is 1. The van der Waals surface area contributed by atoms with Crippen LogP contribution in [0, 0.1) is 19.8 Å². The van der Waals surface area contributed by atoms with E-state index in [9.17, 15) is 4.79 Å². The van der Waals surface area contributed by atoms with E-state index in [1.807, 2.05) is 43.9 Å². The largest absolute Gasteiger partial charge is 0.338 e. The second-order valence-electron chi connectivity index (χ2n) is 5.83. The number of amides is 1. The normalized spacial score (nSPS) is 21.3. The zero-order valence-corrected chi connectivity index (χ0v) is 12.1. The zero-order valence-electron chi connectivity index (χ0n) is 12.1. The predicted molar refractivity (Wildman–Crippen MR) is 78.2 cm³/mol. The van der Waals surface area contributed by atoms with Gasteiger partial charge in [0.1, 0.15) is 0 Å². The summed E-state index contributed by atoms with van der Waals surface area (Å²) in [5.41, 5.74) is 9.01. The Hall–Kier alpha value is -1.35. The van der Waals surface area contributed by atoms with Gasteiger partial charge in [0.2, 0.25) is 0 Å². The first kappa shape index (κ1) is 14.1. The highest BCUT2D eigenvalue weighted by Crippen LogP contribution is 2.22. The minimum absolute atomic E-state index is 0.159. The van der Waals surface area contributed by atoms with E-state index in [1.165, 1.54) is 0 Å². The second kappa shape index (κ2) is 5.74. The van der Waals surface area contributed by atoms with Crippen LogP contribution in [-0.2, 0) is 0 Å². The van der Waals surface area contributed by atoms with Gasteiger partial charge in [0.05, 0.1) is 0 Å². The second-order valence-corrected chi connectivity index (χ2v) is 5.83. The Kier molecular flexibility index (Phi) is 4.25. The highest BCUT2D eigenvalue weighted by molar-refractivity contribution is 5.95. The summed E-state index contributed by atoms with van der Waals surface area (Å²) in [5, 5.41) is 0. The summed E-state index contributed by atoms with van der Waals surface area (Å²) in [7, 11) is 0. The van der Waals surface area contributed by atoms with E-state index in [4.69, 9.17) is 5.73 Å². The lowest BCUT2D eigenvalue weighted by atomic mass is 9.91. The van der Waals surface area contributed by atoms with Crippen LogP contribution in [0.1, 0.15) is 41.3 Å². The van der Waals surface area contributed by atoms with Gasteiger partial charge in [-0.2, -0.15) is 0 Å². The maximum Gasteiger partial charge on any atom is 0.254 e. The number of hydrogen-bond acceptors (Lipinski definition) is 2. The number of benzene rings is 1. The Morgan fingerprint density at radius 1 is 1.42 bits per heavy atom. The minimum atomic E-state index is 0.159. The number of nitrogens with two attached hydrogens (primary N) is 1. The van der Waals surface area contributed by atoms with Crippen LogP contribution in [0.25, 0.3) is 0 Å². The minimum Gasteiger partial charge on any atom is -0.338 e. The SMILES string of the molecule is Cc1ccc(C)c(C(=O)N2CCC[C@H]([C@@H](C)N)C2)c1. The van der Waals surface area contributed by atoms with Gasteiger partial charge >= 0.3 is 0 Å². The lowest BCUT2D eigenvalue weighted by Gasteiger charge is -2.35. The molecule has 3 heteroatoms. The summed E-state index contributed by atoms with van der Waals surface area (Å²) in [5.74, 6) is 0.592. The van der Waals surface area contributed by atoms with E-state index >= 15 is 0 Å². The molecule has 1 aliphatic heterocycles. The van der Waals surface area contributed by atoms with Crippen LogP contribution in [0.5, 0.6) is 0 Å². The molecule has 1 amide bonds. The number of rotatable bonds is 2. The summed E-state index contributed by atoms with van der Waals surface area (Å²) in [4.78, 5) is 14.6. The first-order chi connectivity index (χ1) is 8.99. The summed E-state index contributed by atoms with van der Waals surface area (Å²) in [6.45, 7) is 7.71. The van der Waals surface area contributed by atoms with Crippen molar-refractivity contribution in [2.75, 3.05) is 13.1 Å². The van der Waals surface area contributed by atoms with Crippen molar-refractivity contribution in [3.63, 3.8) is 0 Å². The molecule has 1 aromatic rings. The van der Waals surface area contributed by atoms with Gasteiger partial charge in [-0.3, -0.25) is 4.79 Å². The molecule has 0 aliphatic carbocycles. The van der Waals surface area contributed by atoms with Crippen LogP contribution >= 0.6 is 0 Å². The van der Waals surface area contributed by atoms with Crippen molar-refractivity contribution in [3.05, 3.63) is 34.9 Å². The molecular weight excluding hydrogens is 236 g/mol. The molecule has 0 bridgehead atoms. The Morgan fingerprint density at radius 2 is 2.16 bits per heavy atom. The first-order valence-corrected chi connectivity index (χ1v) is 7.11. The standard InChI is InChI=1S/C16H24N2O/c1-11-6-7-12(2)15(9-11)16(19)18-8-4-5-14(10-18)13(3)17/h6-7,9,13-14H,4-5,8,10,17H2,1-3H3/t13-,14+/m1/s1. The third-order valence-corrected chi connectivity index (χ3v) is 4.11. The maximum absolute atomic E-state index is 12.6. The number of likely N-dealkylation sites (tertiary alicyclic amines) is 1. The molecule has 0 spiro atoms. The smallest absolute Gasteiger partial charge is 0.254 e. The zero-order chi connectivity index (χ0) is 14.0. The molecule has 1 saturated heterocycles. The maximum atomic E-state index is 12.6. The molecule has 2 rings (SSSR count). The molecule has 1 aromatic carbocycles. The molecular formula is C16H24N2O. The molecule has 0 radical (unpaired) electrons. The van der Waals surface area contributed by atoms with E-state index in [0.717, 1.165) is 42.6 Å². The van der Waals surface area contributed by atoms with E-state index in [0.29, 0.717) is 5.92 Å². The van der Waals surface area contributed by atoms with Gasteiger partial charge in [0.15, 0.2) is 0 Å². The van der Waals surface area contributed by atoms with Crippen LogP contribution in [0.2, 0.25) is 0 Å². The third-order valence-electron chi connectivity index (χ3n) is 4.11. The number of aryl methyl sites for hydroxylation is 2. The molecule has 19 heavy (non-hydrogen) atoms. The molecule has 2 atom stereocenters. The quantitative estimate of drug-likeness (QED) is 0.888. The van der Waals surface area contributed by atoms with E-state index < -0.39 is 0 Å². The molecule has 0 aromatic heterocycles. The first-order valence-electron chi connectivity index (χ1n) is 7.11. The molecule has 2 N–H and O–H groups in total. The average molecular weight is 260 g/mol. The van der Waals surface area contributed by atoms with Crippen molar-refractivity contribution in [1.82, 2.24) is 4.90 Å². The van der Waals surface area contributed by atoms with Crippen molar-refractivity contribution < 1.29 is 4.79 Å². The lowest BCUT2D eigenvalue weighted by Crippen LogP contribution is -2.45. The molecule has 1 fully saturated rings.